The van der Waals surface area contributed by atoms with Crippen molar-refractivity contribution in [2.24, 2.45) is 0 Å². The Morgan fingerprint density at radius 2 is 1.77 bits per heavy atom. The van der Waals surface area contributed by atoms with Gasteiger partial charge in [0.2, 0.25) is 0 Å². The van der Waals surface area contributed by atoms with Crippen LogP contribution in [-0.2, 0) is 0 Å². The summed E-state index contributed by atoms with van der Waals surface area (Å²) in [5.74, 6) is 0.700. The van der Waals surface area contributed by atoms with Gasteiger partial charge in [-0.2, -0.15) is 9.90 Å². The summed E-state index contributed by atoms with van der Waals surface area (Å²) in [4.78, 5) is 20.6. The van der Waals surface area contributed by atoms with E-state index in [1.54, 1.807) is 6.20 Å². The van der Waals surface area contributed by atoms with E-state index in [9.17, 15) is 4.79 Å². The van der Waals surface area contributed by atoms with Gasteiger partial charge >= 0.3 is 0 Å². The van der Waals surface area contributed by atoms with Crippen molar-refractivity contribution in [1.29, 1.82) is 0 Å². The van der Waals surface area contributed by atoms with E-state index in [0.29, 0.717) is 18.8 Å². The molecule has 1 fully saturated rings. The summed E-state index contributed by atoms with van der Waals surface area (Å²) < 4.78 is 6.23. The predicted molar refractivity (Wildman–Crippen MR) is 113 cm³/mol. The quantitative estimate of drug-likeness (QED) is 0.525. The van der Waals surface area contributed by atoms with Crippen LogP contribution in [0.1, 0.15) is 23.3 Å². The third-order valence-electron chi connectivity index (χ3n) is 5.32. The van der Waals surface area contributed by atoms with Crippen LogP contribution in [0.15, 0.2) is 73.1 Å². The number of benzene rings is 2. The lowest BCUT2D eigenvalue weighted by atomic mass is 10.1. The molecule has 0 saturated carbocycles. The van der Waals surface area contributed by atoms with Crippen molar-refractivity contribution >= 4 is 16.8 Å². The molecule has 2 aromatic carbocycles. The second-order valence-corrected chi connectivity index (χ2v) is 7.30. The maximum Gasteiger partial charge on any atom is 0.276 e. The molecule has 0 aliphatic carbocycles. The van der Waals surface area contributed by atoms with E-state index in [1.807, 2.05) is 65.6 Å². The van der Waals surface area contributed by atoms with Crippen molar-refractivity contribution in [1.82, 2.24) is 24.9 Å². The van der Waals surface area contributed by atoms with Gasteiger partial charge in [-0.1, -0.05) is 36.4 Å². The van der Waals surface area contributed by atoms with Gasteiger partial charge in [0.1, 0.15) is 17.4 Å². The molecule has 4 aromatic rings. The molecular formula is C23H21N5O2. The number of para-hydroxylation sites is 2. The van der Waals surface area contributed by atoms with Gasteiger partial charge in [0, 0.05) is 37.5 Å². The van der Waals surface area contributed by atoms with Crippen molar-refractivity contribution in [2.75, 3.05) is 13.1 Å². The van der Waals surface area contributed by atoms with E-state index in [2.05, 4.69) is 15.2 Å². The molecule has 3 heterocycles. The SMILES string of the molecule is O=C(c1cnn(-c2ccccc2)n1)N1CCC(Oc2cccc3cccnc23)CC1. The summed E-state index contributed by atoms with van der Waals surface area (Å²) in [5, 5.41) is 9.64. The third kappa shape index (κ3) is 3.61. The zero-order chi connectivity index (χ0) is 20.3. The van der Waals surface area contributed by atoms with E-state index in [0.717, 1.165) is 35.2 Å². The third-order valence-corrected chi connectivity index (χ3v) is 5.32. The number of ether oxygens (including phenoxy) is 1. The molecule has 1 saturated heterocycles. The Hall–Kier alpha value is -3.74. The highest BCUT2D eigenvalue weighted by Gasteiger charge is 2.26. The normalized spacial score (nSPS) is 14.7. The first-order valence-electron chi connectivity index (χ1n) is 10.1. The number of hydrogen-bond donors (Lipinski definition) is 0. The average molecular weight is 399 g/mol. The second-order valence-electron chi connectivity index (χ2n) is 7.30. The fourth-order valence-electron chi connectivity index (χ4n) is 3.74. The topological polar surface area (TPSA) is 73.1 Å². The first-order valence-corrected chi connectivity index (χ1v) is 10.1. The number of aromatic nitrogens is 4. The Bertz CT molecular complexity index is 1160. The first-order chi connectivity index (χ1) is 14.8. The molecule has 7 nitrogen and oxygen atoms in total. The Morgan fingerprint density at radius 3 is 2.60 bits per heavy atom. The summed E-state index contributed by atoms with van der Waals surface area (Å²) in [7, 11) is 0. The average Bonchev–Trinajstić information content (AvgIpc) is 3.30. The van der Waals surface area contributed by atoms with E-state index < -0.39 is 0 Å². The number of amides is 1. The van der Waals surface area contributed by atoms with Gasteiger partial charge < -0.3 is 9.64 Å². The minimum absolute atomic E-state index is 0.0571. The fourth-order valence-corrected chi connectivity index (χ4v) is 3.74. The van der Waals surface area contributed by atoms with Crippen LogP contribution in [0.2, 0.25) is 0 Å². The summed E-state index contributed by atoms with van der Waals surface area (Å²) in [6.45, 7) is 1.25. The van der Waals surface area contributed by atoms with Gasteiger partial charge in [-0.15, -0.1) is 5.10 Å². The number of likely N-dealkylation sites (tertiary alicyclic amines) is 1. The van der Waals surface area contributed by atoms with Crippen LogP contribution in [-0.4, -0.2) is 50.0 Å². The Balaban J connectivity index is 1.23. The highest BCUT2D eigenvalue weighted by molar-refractivity contribution is 5.92. The Labute approximate surface area is 173 Å². The van der Waals surface area contributed by atoms with E-state index in [1.165, 1.54) is 11.0 Å². The summed E-state index contributed by atoms with van der Waals surface area (Å²) in [5.41, 5.74) is 2.06. The minimum Gasteiger partial charge on any atom is -0.488 e. The maximum atomic E-state index is 12.8. The standard InChI is InChI=1S/C23H21N5O2/c29-23(20-16-25-28(26-20)18-8-2-1-3-9-18)27-14-11-19(12-15-27)30-21-10-4-6-17-7-5-13-24-22(17)21/h1-10,13,16,19H,11-12,14-15H2. The predicted octanol–water partition coefficient (Wildman–Crippen LogP) is 3.50. The number of carbonyl (C=O) groups is 1. The van der Waals surface area contributed by atoms with Crippen LogP contribution in [0.3, 0.4) is 0 Å². The fraction of sp³-hybridized carbons (Fsp3) is 0.217. The molecule has 1 amide bonds. The van der Waals surface area contributed by atoms with Crippen molar-refractivity contribution in [3.63, 3.8) is 0 Å². The van der Waals surface area contributed by atoms with Crippen molar-refractivity contribution in [3.8, 4) is 11.4 Å². The van der Waals surface area contributed by atoms with Crippen LogP contribution in [0, 0.1) is 0 Å². The molecule has 30 heavy (non-hydrogen) atoms. The maximum absolute atomic E-state index is 12.8. The first kappa shape index (κ1) is 18.3. The molecule has 7 heteroatoms. The highest BCUT2D eigenvalue weighted by Crippen LogP contribution is 2.26. The molecular weight excluding hydrogens is 378 g/mol. The van der Waals surface area contributed by atoms with Crippen molar-refractivity contribution in [3.05, 3.63) is 78.8 Å². The smallest absolute Gasteiger partial charge is 0.276 e. The van der Waals surface area contributed by atoms with Gasteiger partial charge in [0.05, 0.1) is 11.9 Å². The Morgan fingerprint density at radius 1 is 0.967 bits per heavy atom. The minimum atomic E-state index is -0.0949. The zero-order valence-electron chi connectivity index (χ0n) is 16.4. The lowest BCUT2D eigenvalue weighted by molar-refractivity contribution is 0.0592. The van der Waals surface area contributed by atoms with Crippen LogP contribution in [0.5, 0.6) is 5.75 Å². The molecule has 0 unspecified atom stereocenters. The monoisotopic (exact) mass is 399 g/mol. The van der Waals surface area contributed by atoms with Gasteiger partial charge in [0.25, 0.3) is 5.91 Å². The lowest BCUT2D eigenvalue weighted by Gasteiger charge is -2.31. The number of pyridine rings is 1. The molecule has 1 aliphatic heterocycles. The molecule has 0 radical (unpaired) electrons. The molecule has 0 N–H and O–H groups in total. The second kappa shape index (κ2) is 7.94. The van der Waals surface area contributed by atoms with Crippen LogP contribution >= 0.6 is 0 Å². The number of carbonyl (C=O) groups excluding carboxylic acids is 1. The van der Waals surface area contributed by atoms with E-state index in [-0.39, 0.29) is 12.0 Å². The molecule has 5 rings (SSSR count). The summed E-state index contributed by atoms with van der Waals surface area (Å²) in [6.07, 6.45) is 4.89. The summed E-state index contributed by atoms with van der Waals surface area (Å²) in [6, 6.07) is 19.5. The Kier molecular flexibility index (Phi) is 4.85. The number of rotatable bonds is 4. The highest BCUT2D eigenvalue weighted by atomic mass is 16.5. The van der Waals surface area contributed by atoms with Crippen molar-refractivity contribution in [2.45, 2.75) is 18.9 Å². The van der Waals surface area contributed by atoms with Gasteiger partial charge in [-0.3, -0.25) is 9.78 Å². The number of nitrogens with zero attached hydrogens (tertiary/aromatic N) is 5. The largest absolute Gasteiger partial charge is 0.488 e. The van der Waals surface area contributed by atoms with Gasteiger partial charge in [-0.25, -0.2) is 0 Å². The number of fused-ring (bicyclic) bond motifs is 1. The summed E-state index contributed by atoms with van der Waals surface area (Å²) >= 11 is 0. The molecule has 0 bridgehead atoms. The number of piperidine rings is 1. The van der Waals surface area contributed by atoms with Gasteiger partial charge in [0.15, 0.2) is 5.69 Å². The molecule has 1 aliphatic rings. The lowest BCUT2D eigenvalue weighted by Crippen LogP contribution is -2.42. The molecule has 2 aromatic heterocycles. The number of hydrogen-bond acceptors (Lipinski definition) is 5. The molecule has 150 valence electrons. The van der Waals surface area contributed by atoms with Crippen LogP contribution < -0.4 is 4.74 Å². The zero-order valence-corrected chi connectivity index (χ0v) is 16.4. The van der Waals surface area contributed by atoms with Gasteiger partial charge in [-0.05, 0) is 24.3 Å². The van der Waals surface area contributed by atoms with E-state index in [4.69, 9.17) is 4.74 Å². The van der Waals surface area contributed by atoms with Crippen LogP contribution in [0.4, 0.5) is 0 Å². The van der Waals surface area contributed by atoms with Crippen LogP contribution in [0.25, 0.3) is 16.6 Å². The van der Waals surface area contributed by atoms with E-state index >= 15 is 0 Å². The molecule has 0 atom stereocenters. The van der Waals surface area contributed by atoms with Crippen molar-refractivity contribution < 1.29 is 9.53 Å². The molecule has 0 spiro atoms.